The smallest absolute Gasteiger partial charge is 0.307 e. The summed E-state index contributed by atoms with van der Waals surface area (Å²) in [7, 11) is 0. The molecule has 0 saturated heterocycles. The van der Waals surface area contributed by atoms with Crippen molar-refractivity contribution in [3.8, 4) is 0 Å². The maximum Gasteiger partial charge on any atom is 0.307 e. The molecule has 0 fully saturated rings. The fourth-order valence-corrected chi connectivity index (χ4v) is 1.33. The molecule has 0 aromatic heterocycles. The van der Waals surface area contributed by atoms with Crippen LogP contribution in [-0.2, 0) is 11.2 Å². The summed E-state index contributed by atoms with van der Waals surface area (Å²) in [4.78, 5) is 10.3. The molecule has 5 heteroatoms. The van der Waals surface area contributed by atoms with Crippen LogP contribution in [0.4, 0.5) is 8.78 Å². The molecule has 0 spiro atoms. The first-order valence-electron chi connectivity index (χ1n) is 3.36. The minimum absolute atomic E-state index is 0.130. The van der Waals surface area contributed by atoms with E-state index in [0.29, 0.717) is 0 Å². The second-order valence-corrected chi connectivity index (χ2v) is 3.20. The van der Waals surface area contributed by atoms with E-state index in [4.69, 9.17) is 5.11 Å². The van der Waals surface area contributed by atoms with Gasteiger partial charge in [0.2, 0.25) is 0 Å². The second kappa shape index (κ2) is 3.83. The van der Waals surface area contributed by atoms with Crippen LogP contribution in [0.2, 0.25) is 0 Å². The third kappa shape index (κ3) is 2.24. The molecule has 70 valence electrons. The van der Waals surface area contributed by atoms with Crippen LogP contribution in [-0.4, -0.2) is 11.1 Å². The van der Waals surface area contributed by atoms with Crippen molar-refractivity contribution in [2.75, 3.05) is 0 Å². The number of hydrogen-bond acceptors (Lipinski definition) is 1. The zero-order valence-corrected chi connectivity index (χ0v) is 7.94. The van der Waals surface area contributed by atoms with Gasteiger partial charge in [-0.2, -0.15) is 0 Å². The van der Waals surface area contributed by atoms with Gasteiger partial charge in [-0.1, -0.05) is 6.07 Å². The van der Waals surface area contributed by atoms with Crippen molar-refractivity contribution < 1.29 is 18.7 Å². The van der Waals surface area contributed by atoms with Crippen LogP contribution in [0.3, 0.4) is 0 Å². The molecule has 1 rings (SSSR count). The molecule has 0 radical (unpaired) electrons. The van der Waals surface area contributed by atoms with Crippen molar-refractivity contribution >= 4 is 21.9 Å². The van der Waals surface area contributed by atoms with E-state index in [1.807, 2.05) is 0 Å². The van der Waals surface area contributed by atoms with E-state index in [0.717, 1.165) is 6.07 Å². The highest BCUT2D eigenvalue weighted by atomic mass is 79.9. The lowest BCUT2D eigenvalue weighted by atomic mass is 10.1. The summed E-state index contributed by atoms with van der Waals surface area (Å²) < 4.78 is 25.2. The van der Waals surface area contributed by atoms with E-state index in [-0.39, 0.29) is 16.5 Å². The summed E-state index contributed by atoms with van der Waals surface area (Å²) in [6.45, 7) is 0. The quantitative estimate of drug-likeness (QED) is 0.819. The van der Waals surface area contributed by atoms with Gasteiger partial charge >= 0.3 is 5.97 Å². The van der Waals surface area contributed by atoms with Crippen LogP contribution in [0, 0.1) is 11.6 Å². The van der Waals surface area contributed by atoms with Gasteiger partial charge in [0.15, 0.2) is 11.6 Å². The average molecular weight is 251 g/mol. The molecule has 0 atom stereocenters. The zero-order valence-electron chi connectivity index (χ0n) is 6.35. The Balaban J connectivity index is 3.10. The highest BCUT2D eigenvalue weighted by Crippen LogP contribution is 2.23. The van der Waals surface area contributed by atoms with Crippen molar-refractivity contribution in [3.63, 3.8) is 0 Å². The van der Waals surface area contributed by atoms with Crippen molar-refractivity contribution in [1.82, 2.24) is 0 Å². The number of rotatable bonds is 2. The van der Waals surface area contributed by atoms with Gasteiger partial charge in [-0.25, -0.2) is 8.78 Å². The largest absolute Gasteiger partial charge is 0.481 e. The van der Waals surface area contributed by atoms with Crippen LogP contribution in [0.15, 0.2) is 16.6 Å². The van der Waals surface area contributed by atoms with Gasteiger partial charge in [0.1, 0.15) is 0 Å². The summed E-state index contributed by atoms with van der Waals surface area (Å²) in [5.41, 5.74) is 0.214. The molecule has 0 unspecified atom stereocenters. The third-order valence-electron chi connectivity index (χ3n) is 1.46. The average Bonchev–Trinajstić information content (AvgIpc) is 2.06. The van der Waals surface area contributed by atoms with Gasteiger partial charge in [-0.15, -0.1) is 0 Å². The number of carboxylic acids is 1. The fraction of sp³-hybridized carbons (Fsp3) is 0.125. The van der Waals surface area contributed by atoms with E-state index >= 15 is 0 Å². The molecule has 2 nitrogen and oxygen atoms in total. The normalized spacial score (nSPS) is 10.1. The van der Waals surface area contributed by atoms with E-state index in [2.05, 4.69) is 15.9 Å². The summed E-state index contributed by atoms with van der Waals surface area (Å²) in [5, 5.41) is 8.41. The predicted octanol–water partition coefficient (Wildman–Crippen LogP) is 2.35. The van der Waals surface area contributed by atoms with Crippen LogP contribution in [0.25, 0.3) is 0 Å². The van der Waals surface area contributed by atoms with Crippen LogP contribution in [0.5, 0.6) is 0 Å². The van der Waals surface area contributed by atoms with Crippen molar-refractivity contribution in [2.45, 2.75) is 6.42 Å². The Labute approximate surface area is 81.3 Å². The number of carboxylic acid groups (broad SMARTS) is 1. The minimum Gasteiger partial charge on any atom is -0.481 e. The Morgan fingerprint density at radius 1 is 1.46 bits per heavy atom. The number of carbonyl (C=O) groups is 1. The molecule has 0 aliphatic rings. The molecular formula is C8H5BrF2O2. The predicted molar refractivity (Wildman–Crippen MR) is 45.4 cm³/mol. The topological polar surface area (TPSA) is 37.3 Å². The molecule has 0 bridgehead atoms. The SMILES string of the molecule is O=C(O)Cc1ccc(F)c(F)c1Br. The number of aliphatic carboxylic acids is 1. The van der Waals surface area contributed by atoms with Crippen molar-refractivity contribution in [2.24, 2.45) is 0 Å². The van der Waals surface area contributed by atoms with Gasteiger partial charge in [0.05, 0.1) is 10.9 Å². The lowest BCUT2D eigenvalue weighted by molar-refractivity contribution is -0.136. The molecule has 0 aliphatic carbocycles. The first kappa shape index (κ1) is 10.1. The molecular weight excluding hydrogens is 246 g/mol. The van der Waals surface area contributed by atoms with Gasteiger partial charge < -0.3 is 5.11 Å². The number of halogens is 3. The first-order chi connectivity index (χ1) is 6.02. The van der Waals surface area contributed by atoms with E-state index in [1.54, 1.807) is 0 Å². The Morgan fingerprint density at radius 3 is 2.62 bits per heavy atom. The molecule has 1 aromatic carbocycles. The lowest BCUT2D eigenvalue weighted by Crippen LogP contribution is -2.02. The summed E-state index contributed by atoms with van der Waals surface area (Å²) >= 11 is 2.78. The summed E-state index contributed by atoms with van der Waals surface area (Å²) in [5.74, 6) is -3.15. The molecule has 0 saturated carbocycles. The Morgan fingerprint density at radius 2 is 2.08 bits per heavy atom. The van der Waals surface area contributed by atoms with Gasteiger partial charge in [0.25, 0.3) is 0 Å². The number of hydrogen-bond donors (Lipinski definition) is 1. The maximum atomic E-state index is 12.8. The molecule has 0 amide bonds. The monoisotopic (exact) mass is 250 g/mol. The van der Waals surface area contributed by atoms with Crippen molar-refractivity contribution in [1.29, 1.82) is 0 Å². The molecule has 0 aliphatic heterocycles. The third-order valence-corrected chi connectivity index (χ3v) is 2.31. The molecule has 1 aromatic rings. The second-order valence-electron chi connectivity index (χ2n) is 2.40. The molecule has 1 N–H and O–H groups in total. The Hall–Kier alpha value is -0.970. The Bertz CT molecular complexity index is 352. The van der Waals surface area contributed by atoms with E-state index < -0.39 is 17.6 Å². The Kier molecular flexibility index (Phi) is 2.98. The van der Waals surface area contributed by atoms with Crippen LogP contribution < -0.4 is 0 Å². The van der Waals surface area contributed by atoms with E-state index in [9.17, 15) is 13.6 Å². The lowest BCUT2D eigenvalue weighted by Gasteiger charge is -2.02. The van der Waals surface area contributed by atoms with Gasteiger partial charge in [-0.3, -0.25) is 4.79 Å². The molecule has 13 heavy (non-hydrogen) atoms. The van der Waals surface area contributed by atoms with Crippen LogP contribution in [0.1, 0.15) is 5.56 Å². The number of benzene rings is 1. The van der Waals surface area contributed by atoms with E-state index in [1.165, 1.54) is 6.07 Å². The van der Waals surface area contributed by atoms with Crippen LogP contribution >= 0.6 is 15.9 Å². The van der Waals surface area contributed by atoms with Gasteiger partial charge in [-0.05, 0) is 27.6 Å². The summed E-state index contributed by atoms with van der Waals surface area (Å²) in [6.07, 6.45) is -0.336. The summed E-state index contributed by atoms with van der Waals surface area (Å²) in [6, 6.07) is 2.13. The highest BCUT2D eigenvalue weighted by Gasteiger charge is 2.12. The molecule has 0 heterocycles. The zero-order chi connectivity index (χ0) is 10.0. The fourth-order valence-electron chi connectivity index (χ4n) is 0.865. The van der Waals surface area contributed by atoms with Gasteiger partial charge in [0, 0.05) is 0 Å². The highest BCUT2D eigenvalue weighted by molar-refractivity contribution is 9.10. The maximum absolute atomic E-state index is 12.8. The minimum atomic E-state index is -1.09. The first-order valence-corrected chi connectivity index (χ1v) is 4.16. The standard InChI is InChI=1S/C8H5BrF2O2/c9-7-4(3-6(12)13)1-2-5(10)8(7)11/h1-2H,3H2,(H,12,13). The van der Waals surface area contributed by atoms with Crippen molar-refractivity contribution in [3.05, 3.63) is 33.8 Å².